The van der Waals surface area contributed by atoms with E-state index in [9.17, 15) is 14.4 Å². The Morgan fingerprint density at radius 1 is 0.889 bits per heavy atom. The monoisotopic (exact) mass is 501 g/mol. The highest BCUT2D eigenvalue weighted by atomic mass is 32.2. The van der Waals surface area contributed by atoms with Crippen LogP contribution >= 0.6 is 11.8 Å². The number of carbonyl (C=O) groups is 3. The van der Waals surface area contributed by atoms with Crippen molar-refractivity contribution in [1.82, 2.24) is 5.32 Å². The van der Waals surface area contributed by atoms with Crippen molar-refractivity contribution in [3.05, 3.63) is 114 Å². The second-order valence-electron chi connectivity index (χ2n) is 8.34. The SMILES string of the molecule is COC(=O)C1=CC(NC(=O)OCc2ccccc2)C(C(=O)c2ccccc2)C[C@@H]1Sc1ccccc1. The number of esters is 1. The van der Waals surface area contributed by atoms with Gasteiger partial charge in [-0.3, -0.25) is 4.79 Å². The van der Waals surface area contributed by atoms with Crippen LogP contribution in [0.5, 0.6) is 0 Å². The van der Waals surface area contributed by atoms with Gasteiger partial charge >= 0.3 is 12.1 Å². The molecule has 0 spiro atoms. The molecular formula is C29H27NO5S. The molecule has 3 aromatic rings. The molecule has 0 fully saturated rings. The Hall–Kier alpha value is -3.84. The Kier molecular flexibility index (Phi) is 8.57. The summed E-state index contributed by atoms with van der Waals surface area (Å²) in [5.41, 5.74) is 1.81. The van der Waals surface area contributed by atoms with Crippen molar-refractivity contribution < 1.29 is 23.9 Å². The lowest BCUT2D eigenvalue weighted by Gasteiger charge is -2.34. The summed E-state index contributed by atoms with van der Waals surface area (Å²) in [6.07, 6.45) is 1.33. The number of hydrogen-bond donors (Lipinski definition) is 1. The normalized spacial score (nSPS) is 19.0. The van der Waals surface area contributed by atoms with Gasteiger partial charge in [0.05, 0.1) is 13.2 Å². The Morgan fingerprint density at radius 3 is 2.14 bits per heavy atom. The lowest BCUT2D eigenvalue weighted by atomic mass is 9.80. The van der Waals surface area contributed by atoms with E-state index in [2.05, 4.69) is 5.32 Å². The standard InChI is InChI=1S/C29H27NO5S/c1-34-28(32)24-17-25(30-29(33)35-19-20-11-5-2-6-12-20)23(27(31)21-13-7-3-8-14-21)18-26(24)36-22-15-9-4-10-16-22/h2-17,23,25-26H,18-19H2,1H3,(H,30,33)/t23?,25?,26-/m0/s1. The fourth-order valence-electron chi connectivity index (χ4n) is 4.14. The molecule has 184 valence electrons. The maximum atomic E-state index is 13.6. The van der Waals surface area contributed by atoms with E-state index in [-0.39, 0.29) is 17.6 Å². The lowest BCUT2D eigenvalue weighted by Crippen LogP contribution is -2.47. The largest absolute Gasteiger partial charge is 0.466 e. The minimum Gasteiger partial charge on any atom is -0.466 e. The van der Waals surface area contributed by atoms with Gasteiger partial charge in [0.1, 0.15) is 6.61 Å². The smallest absolute Gasteiger partial charge is 0.407 e. The minimum atomic E-state index is -0.734. The predicted molar refractivity (Wildman–Crippen MR) is 139 cm³/mol. The second kappa shape index (κ2) is 12.2. The van der Waals surface area contributed by atoms with E-state index in [1.165, 1.54) is 18.9 Å². The Balaban J connectivity index is 1.61. The van der Waals surface area contributed by atoms with Crippen LogP contribution in [-0.2, 0) is 20.9 Å². The number of ketones is 1. The first-order valence-electron chi connectivity index (χ1n) is 11.6. The van der Waals surface area contributed by atoms with Crippen LogP contribution < -0.4 is 5.32 Å². The van der Waals surface area contributed by atoms with E-state index in [0.717, 1.165) is 10.5 Å². The minimum absolute atomic E-state index is 0.0940. The zero-order valence-corrected chi connectivity index (χ0v) is 20.6. The quantitative estimate of drug-likeness (QED) is 0.327. The number of rotatable bonds is 8. The van der Waals surface area contributed by atoms with Gasteiger partial charge in [0.25, 0.3) is 0 Å². The number of thioether (sulfide) groups is 1. The van der Waals surface area contributed by atoms with Gasteiger partial charge < -0.3 is 14.8 Å². The highest BCUT2D eigenvalue weighted by molar-refractivity contribution is 8.00. The van der Waals surface area contributed by atoms with Gasteiger partial charge in [-0.15, -0.1) is 11.8 Å². The number of nitrogens with one attached hydrogen (secondary N) is 1. The maximum absolute atomic E-state index is 13.6. The molecular weight excluding hydrogens is 474 g/mol. The van der Waals surface area contributed by atoms with Gasteiger partial charge in [-0.05, 0) is 30.2 Å². The first-order valence-corrected chi connectivity index (χ1v) is 12.5. The summed E-state index contributed by atoms with van der Waals surface area (Å²) < 4.78 is 10.4. The van der Waals surface area contributed by atoms with Crippen molar-refractivity contribution in [2.75, 3.05) is 7.11 Å². The average Bonchev–Trinajstić information content (AvgIpc) is 2.93. The number of carbonyl (C=O) groups excluding carboxylic acids is 3. The summed E-state index contributed by atoms with van der Waals surface area (Å²) in [6.45, 7) is 0.0940. The first kappa shape index (κ1) is 25.3. The number of ether oxygens (including phenoxy) is 2. The molecule has 4 rings (SSSR count). The van der Waals surface area contributed by atoms with Crippen molar-refractivity contribution >= 4 is 29.6 Å². The molecule has 1 N–H and O–H groups in total. The molecule has 1 aliphatic rings. The molecule has 1 amide bonds. The van der Waals surface area contributed by atoms with E-state index >= 15 is 0 Å². The molecule has 3 aromatic carbocycles. The number of hydrogen-bond acceptors (Lipinski definition) is 6. The van der Waals surface area contributed by atoms with Crippen molar-refractivity contribution in [3.63, 3.8) is 0 Å². The van der Waals surface area contributed by atoms with Crippen molar-refractivity contribution in [3.8, 4) is 0 Å². The summed E-state index contributed by atoms with van der Waals surface area (Å²) in [4.78, 5) is 40.0. The summed E-state index contributed by atoms with van der Waals surface area (Å²) >= 11 is 1.50. The van der Waals surface area contributed by atoms with Crippen LogP contribution in [0.25, 0.3) is 0 Å². The second-order valence-corrected chi connectivity index (χ2v) is 9.61. The van der Waals surface area contributed by atoms with Crippen LogP contribution in [0.15, 0.2) is 108 Å². The molecule has 3 atom stereocenters. The highest BCUT2D eigenvalue weighted by Gasteiger charge is 2.40. The topological polar surface area (TPSA) is 81.7 Å². The highest BCUT2D eigenvalue weighted by Crippen LogP contribution is 2.38. The molecule has 1 aliphatic carbocycles. The molecule has 0 aliphatic heterocycles. The summed E-state index contributed by atoms with van der Waals surface area (Å²) in [5.74, 6) is -1.19. The Labute approximate surface area is 214 Å². The molecule has 0 heterocycles. The van der Waals surface area contributed by atoms with Crippen molar-refractivity contribution in [1.29, 1.82) is 0 Å². The zero-order chi connectivity index (χ0) is 25.3. The molecule has 7 heteroatoms. The fourth-order valence-corrected chi connectivity index (χ4v) is 5.39. The van der Waals surface area contributed by atoms with Gasteiger partial charge in [0.15, 0.2) is 5.78 Å². The molecule has 0 saturated carbocycles. The molecule has 2 unspecified atom stereocenters. The number of benzene rings is 3. The number of alkyl carbamates (subject to hydrolysis) is 1. The lowest BCUT2D eigenvalue weighted by molar-refractivity contribution is -0.136. The third kappa shape index (κ3) is 6.43. The van der Waals surface area contributed by atoms with Crippen LogP contribution in [0.1, 0.15) is 22.3 Å². The number of amides is 1. The van der Waals surface area contributed by atoms with E-state index in [1.807, 2.05) is 66.7 Å². The van der Waals surface area contributed by atoms with Crippen molar-refractivity contribution in [2.45, 2.75) is 29.2 Å². The molecule has 0 aromatic heterocycles. The van der Waals surface area contributed by atoms with E-state index < -0.39 is 24.0 Å². The van der Waals surface area contributed by atoms with Crippen LogP contribution in [0.2, 0.25) is 0 Å². The molecule has 0 bridgehead atoms. The van der Waals surface area contributed by atoms with Crippen LogP contribution in [0.3, 0.4) is 0 Å². The molecule has 0 saturated heterocycles. The number of Topliss-reactive ketones (excluding diaryl/α,β-unsaturated/α-hetero) is 1. The van der Waals surface area contributed by atoms with Gasteiger partial charge in [0.2, 0.25) is 0 Å². The zero-order valence-electron chi connectivity index (χ0n) is 19.8. The Morgan fingerprint density at radius 2 is 1.50 bits per heavy atom. The third-order valence-electron chi connectivity index (χ3n) is 5.94. The average molecular weight is 502 g/mol. The first-order chi connectivity index (χ1) is 17.5. The van der Waals surface area contributed by atoms with Crippen LogP contribution in [-0.4, -0.2) is 36.2 Å². The Bertz CT molecular complexity index is 1210. The van der Waals surface area contributed by atoms with Crippen LogP contribution in [0.4, 0.5) is 4.79 Å². The van der Waals surface area contributed by atoms with Gasteiger partial charge in [-0.1, -0.05) is 78.9 Å². The third-order valence-corrected chi connectivity index (χ3v) is 7.22. The van der Waals surface area contributed by atoms with E-state index in [1.54, 1.807) is 30.3 Å². The summed E-state index contributed by atoms with van der Waals surface area (Å²) in [7, 11) is 1.32. The fraction of sp³-hybridized carbons (Fsp3) is 0.207. The van der Waals surface area contributed by atoms with Gasteiger partial charge in [0, 0.05) is 27.2 Å². The molecule has 0 radical (unpaired) electrons. The van der Waals surface area contributed by atoms with Gasteiger partial charge in [-0.25, -0.2) is 9.59 Å². The number of methoxy groups -OCH3 is 1. The van der Waals surface area contributed by atoms with E-state index in [0.29, 0.717) is 17.6 Å². The summed E-state index contributed by atoms with van der Waals surface area (Å²) in [5, 5.41) is 2.48. The van der Waals surface area contributed by atoms with E-state index in [4.69, 9.17) is 9.47 Å². The van der Waals surface area contributed by atoms with Crippen molar-refractivity contribution in [2.24, 2.45) is 5.92 Å². The molecule has 6 nitrogen and oxygen atoms in total. The molecule has 36 heavy (non-hydrogen) atoms. The maximum Gasteiger partial charge on any atom is 0.407 e. The van der Waals surface area contributed by atoms with Crippen LogP contribution in [0, 0.1) is 5.92 Å². The van der Waals surface area contributed by atoms with Gasteiger partial charge in [-0.2, -0.15) is 0 Å². The predicted octanol–water partition coefficient (Wildman–Crippen LogP) is 5.44. The summed E-state index contributed by atoms with van der Waals surface area (Å²) in [6, 6.07) is 27.2.